The standard InChI is InChI=1S/C14H16ClN3O2/c1-3-16-13(19)7-6-12-17-11-8-9(15)4-5-10(11)14(20)18(12)2/h4-5,8H,3,6-7H2,1-2H3,(H,16,19). The number of rotatable bonds is 4. The Morgan fingerprint density at radius 3 is 2.90 bits per heavy atom. The molecule has 106 valence electrons. The lowest BCUT2D eigenvalue weighted by atomic mass is 10.2. The van der Waals surface area contributed by atoms with Gasteiger partial charge in [0.2, 0.25) is 5.91 Å². The van der Waals surface area contributed by atoms with Crippen molar-refractivity contribution in [3.05, 3.63) is 39.4 Å². The zero-order chi connectivity index (χ0) is 14.7. The number of nitrogens with one attached hydrogen (secondary N) is 1. The zero-order valence-corrected chi connectivity index (χ0v) is 12.2. The van der Waals surface area contributed by atoms with Crippen LogP contribution in [0, 0.1) is 0 Å². The lowest BCUT2D eigenvalue weighted by molar-refractivity contribution is -0.120. The lowest BCUT2D eigenvalue weighted by Gasteiger charge is -2.09. The van der Waals surface area contributed by atoms with Gasteiger partial charge in [-0.25, -0.2) is 4.98 Å². The van der Waals surface area contributed by atoms with Crippen molar-refractivity contribution in [2.45, 2.75) is 19.8 Å². The molecule has 0 bridgehead atoms. The van der Waals surface area contributed by atoms with Crippen LogP contribution in [-0.4, -0.2) is 22.0 Å². The van der Waals surface area contributed by atoms with Gasteiger partial charge in [-0.05, 0) is 25.1 Å². The zero-order valence-electron chi connectivity index (χ0n) is 11.4. The molecule has 0 radical (unpaired) electrons. The van der Waals surface area contributed by atoms with E-state index >= 15 is 0 Å². The van der Waals surface area contributed by atoms with Gasteiger partial charge < -0.3 is 5.32 Å². The molecule has 20 heavy (non-hydrogen) atoms. The van der Waals surface area contributed by atoms with Crippen LogP contribution in [-0.2, 0) is 18.3 Å². The van der Waals surface area contributed by atoms with Gasteiger partial charge in [0.15, 0.2) is 0 Å². The topological polar surface area (TPSA) is 64.0 Å². The minimum atomic E-state index is -0.127. The monoisotopic (exact) mass is 293 g/mol. The number of aryl methyl sites for hydroxylation is 1. The van der Waals surface area contributed by atoms with E-state index in [2.05, 4.69) is 10.3 Å². The van der Waals surface area contributed by atoms with Crippen LogP contribution in [0.2, 0.25) is 5.02 Å². The van der Waals surface area contributed by atoms with E-state index in [1.165, 1.54) is 4.57 Å². The van der Waals surface area contributed by atoms with Crippen molar-refractivity contribution in [2.24, 2.45) is 7.05 Å². The lowest BCUT2D eigenvalue weighted by Crippen LogP contribution is -2.26. The molecule has 0 aliphatic heterocycles. The van der Waals surface area contributed by atoms with E-state index in [9.17, 15) is 9.59 Å². The fourth-order valence-electron chi connectivity index (χ4n) is 2.02. The molecule has 0 saturated heterocycles. The average molecular weight is 294 g/mol. The molecule has 1 amide bonds. The van der Waals surface area contributed by atoms with E-state index in [1.54, 1.807) is 25.2 Å². The summed E-state index contributed by atoms with van der Waals surface area (Å²) in [7, 11) is 1.66. The molecular weight excluding hydrogens is 278 g/mol. The van der Waals surface area contributed by atoms with E-state index in [1.807, 2.05) is 6.92 Å². The van der Waals surface area contributed by atoms with Crippen molar-refractivity contribution < 1.29 is 4.79 Å². The van der Waals surface area contributed by atoms with Gasteiger partial charge in [0.05, 0.1) is 10.9 Å². The molecule has 0 fully saturated rings. The summed E-state index contributed by atoms with van der Waals surface area (Å²) in [5, 5.41) is 3.78. The summed E-state index contributed by atoms with van der Waals surface area (Å²) in [5.74, 6) is 0.531. The normalized spacial score (nSPS) is 10.8. The highest BCUT2D eigenvalue weighted by molar-refractivity contribution is 6.31. The van der Waals surface area contributed by atoms with Gasteiger partial charge in [0, 0.05) is 31.5 Å². The van der Waals surface area contributed by atoms with Crippen molar-refractivity contribution in [1.82, 2.24) is 14.9 Å². The first-order chi connectivity index (χ1) is 9.52. The van der Waals surface area contributed by atoms with Gasteiger partial charge in [-0.3, -0.25) is 14.2 Å². The summed E-state index contributed by atoms with van der Waals surface area (Å²) in [6, 6.07) is 5.00. The molecular formula is C14H16ClN3O2. The minimum absolute atomic E-state index is 0.0482. The van der Waals surface area contributed by atoms with Crippen molar-refractivity contribution in [3.63, 3.8) is 0 Å². The first-order valence-electron chi connectivity index (χ1n) is 6.44. The van der Waals surface area contributed by atoms with Crippen LogP contribution in [0.25, 0.3) is 10.9 Å². The van der Waals surface area contributed by atoms with E-state index < -0.39 is 0 Å². The van der Waals surface area contributed by atoms with Crippen LogP contribution < -0.4 is 10.9 Å². The minimum Gasteiger partial charge on any atom is -0.356 e. The molecule has 0 spiro atoms. The van der Waals surface area contributed by atoms with Crippen LogP contribution in [0.3, 0.4) is 0 Å². The maximum absolute atomic E-state index is 12.2. The van der Waals surface area contributed by atoms with Crippen molar-refractivity contribution >= 4 is 28.4 Å². The Morgan fingerprint density at radius 2 is 2.20 bits per heavy atom. The number of aromatic nitrogens is 2. The fourth-order valence-corrected chi connectivity index (χ4v) is 2.19. The average Bonchev–Trinajstić information content (AvgIpc) is 2.41. The van der Waals surface area contributed by atoms with Gasteiger partial charge in [-0.1, -0.05) is 11.6 Å². The molecule has 5 nitrogen and oxygen atoms in total. The summed E-state index contributed by atoms with van der Waals surface area (Å²) < 4.78 is 1.48. The number of hydrogen-bond acceptors (Lipinski definition) is 3. The van der Waals surface area contributed by atoms with Gasteiger partial charge in [-0.2, -0.15) is 0 Å². The number of halogens is 1. The third-order valence-corrected chi connectivity index (χ3v) is 3.32. The summed E-state index contributed by atoms with van der Waals surface area (Å²) in [4.78, 5) is 28.1. The molecule has 1 heterocycles. The SMILES string of the molecule is CCNC(=O)CCc1nc2cc(Cl)ccc2c(=O)n1C. The Bertz CT molecular complexity index is 709. The molecule has 2 aromatic rings. The Labute approximate surface area is 121 Å². The van der Waals surface area contributed by atoms with Crippen LogP contribution in [0.4, 0.5) is 0 Å². The Hall–Kier alpha value is -1.88. The first-order valence-corrected chi connectivity index (χ1v) is 6.82. The highest BCUT2D eigenvalue weighted by Crippen LogP contribution is 2.15. The predicted octanol–water partition coefficient (Wildman–Crippen LogP) is 1.66. The summed E-state index contributed by atoms with van der Waals surface area (Å²) in [6.45, 7) is 2.46. The molecule has 0 aliphatic carbocycles. The van der Waals surface area contributed by atoms with E-state index in [-0.39, 0.29) is 11.5 Å². The van der Waals surface area contributed by atoms with Gasteiger partial charge in [-0.15, -0.1) is 0 Å². The van der Waals surface area contributed by atoms with Crippen LogP contribution in [0.15, 0.2) is 23.0 Å². The number of fused-ring (bicyclic) bond motifs is 1. The molecule has 0 atom stereocenters. The highest BCUT2D eigenvalue weighted by atomic mass is 35.5. The van der Waals surface area contributed by atoms with Crippen LogP contribution >= 0.6 is 11.6 Å². The third kappa shape index (κ3) is 2.99. The molecule has 0 unspecified atom stereocenters. The van der Waals surface area contributed by atoms with Crippen molar-refractivity contribution in [1.29, 1.82) is 0 Å². The van der Waals surface area contributed by atoms with Crippen LogP contribution in [0.5, 0.6) is 0 Å². The number of hydrogen-bond donors (Lipinski definition) is 1. The number of carbonyl (C=O) groups is 1. The van der Waals surface area contributed by atoms with Crippen molar-refractivity contribution in [3.8, 4) is 0 Å². The summed E-state index contributed by atoms with van der Waals surface area (Å²) in [6.07, 6.45) is 0.722. The summed E-state index contributed by atoms with van der Waals surface area (Å²) in [5.41, 5.74) is 0.434. The van der Waals surface area contributed by atoms with Gasteiger partial charge >= 0.3 is 0 Å². The maximum atomic E-state index is 12.2. The largest absolute Gasteiger partial charge is 0.356 e. The predicted molar refractivity (Wildman–Crippen MR) is 79.0 cm³/mol. The maximum Gasteiger partial charge on any atom is 0.261 e. The second-order valence-corrected chi connectivity index (χ2v) is 4.94. The smallest absolute Gasteiger partial charge is 0.261 e. The fraction of sp³-hybridized carbons (Fsp3) is 0.357. The number of amides is 1. The van der Waals surface area contributed by atoms with Crippen molar-refractivity contribution in [2.75, 3.05) is 6.54 Å². The Morgan fingerprint density at radius 1 is 1.45 bits per heavy atom. The first kappa shape index (κ1) is 14.5. The molecule has 2 rings (SSSR count). The number of nitrogens with zero attached hydrogens (tertiary/aromatic N) is 2. The molecule has 0 saturated carbocycles. The molecule has 6 heteroatoms. The summed E-state index contributed by atoms with van der Waals surface area (Å²) >= 11 is 5.92. The Balaban J connectivity index is 2.36. The third-order valence-electron chi connectivity index (χ3n) is 3.08. The van der Waals surface area contributed by atoms with Gasteiger partial charge in [0.1, 0.15) is 5.82 Å². The van der Waals surface area contributed by atoms with Gasteiger partial charge in [0.25, 0.3) is 5.56 Å². The Kier molecular flexibility index (Phi) is 4.39. The molecule has 1 N–H and O–H groups in total. The molecule has 1 aromatic heterocycles. The highest BCUT2D eigenvalue weighted by Gasteiger charge is 2.10. The van der Waals surface area contributed by atoms with E-state index in [0.717, 1.165) is 0 Å². The second-order valence-electron chi connectivity index (χ2n) is 4.51. The second kappa shape index (κ2) is 6.05. The number of carbonyl (C=O) groups excluding carboxylic acids is 1. The quantitative estimate of drug-likeness (QED) is 0.932. The van der Waals surface area contributed by atoms with E-state index in [4.69, 9.17) is 11.6 Å². The molecule has 1 aromatic carbocycles. The molecule has 0 aliphatic rings. The number of benzene rings is 1. The van der Waals surface area contributed by atoms with Crippen LogP contribution in [0.1, 0.15) is 19.2 Å². The van der Waals surface area contributed by atoms with E-state index in [0.29, 0.717) is 41.1 Å².